The molecule has 0 unspecified atom stereocenters. The Bertz CT molecular complexity index is 731. The van der Waals surface area contributed by atoms with E-state index in [1.165, 1.54) is 0 Å². The third-order valence-electron chi connectivity index (χ3n) is 4.07. The van der Waals surface area contributed by atoms with E-state index in [0.717, 1.165) is 5.69 Å². The van der Waals surface area contributed by atoms with Gasteiger partial charge in [0.2, 0.25) is 17.7 Å². The Kier molecular flexibility index (Phi) is 5.28. The number of carbonyl (C=O) groups is 1. The minimum atomic E-state index is -0.253. The monoisotopic (exact) mass is 345 g/mol. The van der Waals surface area contributed by atoms with Crippen LogP contribution in [0.5, 0.6) is 0 Å². The van der Waals surface area contributed by atoms with Gasteiger partial charge in [0.05, 0.1) is 18.8 Å². The summed E-state index contributed by atoms with van der Waals surface area (Å²) in [7, 11) is 0. The van der Waals surface area contributed by atoms with Crippen molar-refractivity contribution in [3.63, 3.8) is 0 Å². The largest absolute Gasteiger partial charge is 0.425 e. The molecule has 1 aliphatic rings. The van der Waals surface area contributed by atoms with E-state index in [0.29, 0.717) is 50.1 Å². The molecule has 2 N–H and O–H groups in total. The van der Waals surface area contributed by atoms with Crippen molar-refractivity contribution in [2.45, 2.75) is 38.7 Å². The predicted octanol–water partition coefficient (Wildman–Crippen LogP) is 1.70. The van der Waals surface area contributed by atoms with Gasteiger partial charge in [0.15, 0.2) is 0 Å². The maximum atomic E-state index is 12.5. The molecule has 0 saturated carbocycles. The van der Waals surface area contributed by atoms with E-state index < -0.39 is 0 Å². The lowest BCUT2D eigenvalue weighted by atomic mass is 10.1. The molecule has 1 fully saturated rings. The second-order valence-electron chi connectivity index (χ2n) is 6.38. The minimum absolute atomic E-state index is 0.0431. The molecule has 134 valence electrons. The summed E-state index contributed by atoms with van der Waals surface area (Å²) in [6.45, 7) is 5.49. The van der Waals surface area contributed by atoms with Gasteiger partial charge in [-0.15, -0.1) is 10.2 Å². The molecule has 25 heavy (non-hydrogen) atoms. The number of hydrogen-bond donors (Lipinski definition) is 1. The van der Waals surface area contributed by atoms with E-state index >= 15 is 0 Å². The molecule has 1 aliphatic heterocycles. The highest BCUT2D eigenvalue weighted by molar-refractivity contribution is 5.76. The van der Waals surface area contributed by atoms with Crippen LogP contribution in [-0.2, 0) is 16.0 Å². The maximum Gasteiger partial charge on any atom is 0.223 e. The fourth-order valence-corrected chi connectivity index (χ4v) is 2.68. The zero-order valence-corrected chi connectivity index (χ0v) is 14.5. The molecular weight excluding hydrogens is 322 g/mol. The number of anilines is 1. The van der Waals surface area contributed by atoms with Gasteiger partial charge in [-0.05, 0) is 12.1 Å². The highest BCUT2D eigenvalue weighted by Crippen LogP contribution is 2.22. The summed E-state index contributed by atoms with van der Waals surface area (Å²) in [4.78, 5) is 18.6. The molecule has 1 saturated heterocycles. The molecule has 0 aromatic carbocycles. The Morgan fingerprint density at radius 3 is 2.96 bits per heavy atom. The van der Waals surface area contributed by atoms with Crippen molar-refractivity contribution in [2.75, 3.05) is 25.4 Å². The number of rotatable bonds is 5. The Morgan fingerprint density at radius 1 is 1.40 bits per heavy atom. The van der Waals surface area contributed by atoms with E-state index in [1.54, 1.807) is 11.0 Å². The van der Waals surface area contributed by atoms with Gasteiger partial charge in [0.1, 0.15) is 11.9 Å². The van der Waals surface area contributed by atoms with Crippen LogP contribution in [0.4, 0.5) is 5.82 Å². The van der Waals surface area contributed by atoms with Gasteiger partial charge < -0.3 is 19.8 Å². The molecule has 0 bridgehead atoms. The Morgan fingerprint density at radius 2 is 2.24 bits per heavy atom. The molecule has 2 aromatic rings. The zero-order chi connectivity index (χ0) is 17.8. The molecule has 1 amide bonds. The van der Waals surface area contributed by atoms with E-state index in [1.807, 2.05) is 26.0 Å². The van der Waals surface area contributed by atoms with Gasteiger partial charge in [-0.1, -0.05) is 19.9 Å². The molecule has 8 heteroatoms. The average molecular weight is 345 g/mol. The first-order chi connectivity index (χ1) is 12.0. The molecule has 3 rings (SSSR count). The van der Waals surface area contributed by atoms with Crippen LogP contribution < -0.4 is 5.73 Å². The topological polar surface area (TPSA) is 107 Å². The van der Waals surface area contributed by atoms with Crippen LogP contribution in [0, 0.1) is 0 Å². The van der Waals surface area contributed by atoms with Gasteiger partial charge in [-0.2, -0.15) is 0 Å². The standard InChI is InChI=1S/C17H23N5O3/c1-11(2)17-21-20-15(25-17)6-7-16(23)22-8-9-24-13(10-22)12-4-3-5-14(18)19-12/h3-5,11,13H,6-10H2,1-2H3,(H2,18,19)/t13-/m0/s1. The molecule has 0 radical (unpaired) electrons. The molecule has 0 aliphatic carbocycles. The summed E-state index contributed by atoms with van der Waals surface area (Å²) in [5.41, 5.74) is 6.47. The van der Waals surface area contributed by atoms with Crippen molar-refractivity contribution in [2.24, 2.45) is 0 Å². The number of nitrogens with two attached hydrogens (primary N) is 1. The van der Waals surface area contributed by atoms with Crippen molar-refractivity contribution >= 4 is 11.7 Å². The fraction of sp³-hybridized carbons (Fsp3) is 0.529. The second kappa shape index (κ2) is 7.60. The molecular formula is C17H23N5O3. The van der Waals surface area contributed by atoms with Crippen molar-refractivity contribution in [3.05, 3.63) is 35.7 Å². The van der Waals surface area contributed by atoms with Gasteiger partial charge in [0, 0.05) is 25.3 Å². The lowest BCUT2D eigenvalue weighted by Gasteiger charge is -2.32. The maximum absolute atomic E-state index is 12.5. The third-order valence-corrected chi connectivity index (χ3v) is 4.07. The van der Waals surface area contributed by atoms with E-state index in [-0.39, 0.29) is 17.9 Å². The SMILES string of the molecule is CC(C)c1nnc(CCC(=O)N2CCO[C@H](c3cccc(N)n3)C2)o1. The Labute approximate surface area is 146 Å². The van der Waals surface area contributed by atoms with Crippen molar-refractivity contribution in [1.29, 1.82) is 0 Å². The number of pyridine rings is 1. The normalized spacial score (nSPS) is 17.9. The van der Waals surface area contributed by atoms with Crippen LogP contribution in [0.1, 0.15) is 49.8 Å². The zero-order valence-electron chi connectivity index (χ0n) is 14.5. The summed E-state index contributed by atoms with van der Waals surface area (Å²) >= 11 is 0. The average Bonchev–Trinajstić information content (AvgIpc) is 3.09. The molecule has 3 heterocycles. The van der Waals surface area contributed by atoms with E-state index in [2.05, 4.69) is 15.2 Å². The summed E-state index contributed by atoms with van der Waals surface area (Å²) in [5.74, 6) is 1.77. The van der Waals surface area contributed by atoms with Crippen LogP contribution in [0.2, 0.25) is 0 Å². The number of nitrogen functional groups attached to an aromatic ring is 1. The predicted molar refractivity (Wildman–Crippen MR) is 90.6 cm³/mol. The number of ether oxygens (including phenoxy) is 1. The quantitative estimate of drug-likeness (QED) is 0.878. The van der Waals surface area contributed by atoms with Gasteiger partial charge in [-0.3, -0.25) is 4.79 Å². The molecule has 0 spiro atoms. The summed E-state index contributed by atoms with van der Waals surface area (Å²) in [6.07, 6.45) is 0.519. The lowest BCUT2D eigenvalue weighted by molar-refractivity contribution is -0.139. The Balaban J connectivity index is 1.56. The summed E-state index contributed by atoms with van der Waals surface area (Å²) in [6, 6.07) is 5.43. The first-order valence-electron chi connectivity index (χ1n) is 8.47. The fourth-order valence-electron chi connectivity index (χ4n) is 2.68. The van der Waals surface area contributed by atoms with Crippen LogP contribution in [-0.4, -0.2) is 45.7 Å². The van der Waals surface area contributed by atoms with Crippen LogP contribution in [0.3, 0.4) is 0 Å². The molecule has 1 atom stereocenters. The minimum Gasteiger partial charge on any atom is -0.425 e. The van der Waals surface area contributed by atoms with Crippen molar-refractivity contribution in [3.8, 4) is 0 Å². The summed E-state index contributed by atoms with van der Waals surface area (Å²) in [5, 5.41) is 7.98. The highest BCUT2D eigenvalue weighted by Gasteiger charge is 2.26. The van der Waals surface area contributed by atoms with Crippen molar-refractivity contribution in [1.82, 2.24) is 20.1 Å². The number of carbonyl (C=O) groups excluding carboxylic acids is 1. The van der Waals surface area contributed by atoms with Crippen LogP contribution in [0.25, 0.3) is 0 Å². The van der Waals surface area contributed by atoms with Crippen LogP contribution >= 0.6 is 0 Å². The number of aryl methyl sites for hydroxylation is 1. The number of nitrogens with zero attached hydrogens (tertiary/aromatic N) is 4. The van der Waals surface area contributed by atoms with Crippen molar-refractivity contribution < 1.29 is 13.9 Å². The number of aromatic nitrogens is 3. The van der Waals surface area contributed by atoms with Gasteiger partial charge >= 0.3 is 0 Å². The lowest BCUT2D eigenvalue weighted by Crippen LogP contribution is -2.42. The number of morpholine rings is 1. The molecule has 2 aromatic heterocycles. The number of hydrogen-bond acceptors (Lipinski definition) is 7. The second-order valence-corrected chi connectivity index (χ2v) is 6.38. The van der Waals surface area contributed by atoms with E-state index in [4.69, 9.17) is 14.9 Å². The first-order valence-corrected chi connectivity index (χ1v) is 8.47. The smallest absolute Gasteiger partial charge is 0.223 e. The van der Waals surface area contributed by atoms with E-state index in [9.17, 15) is 4.79 Å². The Hall–Kier alpha value is -2.48. The third kappa shape index (κ3) is 4.33. The summed E-state index contributed by atoms with van der Waals surface area (Å²) < 4.78 is 11.3. The highest BCUT2D eigenvalue weighted by atomic mass is 16.5. The first kappa shape index (κ1) is 17.3. The van der Waals surface area contributed by atoms with Crippen LogP contribution in [0.15, 0.2) is 22.6 Å². The number of amides is 1. The van der Waals surface area contributed by atoms with Gasteiger partial charge in [0.25, 0.3) is 0 Å². The van der Waals surface area contributed by atoms with Gasteiger partial charge in [-0.25, -0.2) is 4.98 Å². The molecule has 8 nitrogen and oxygen atoms in total.